The molecule has 5 rings (SSSR count). The number of aromatic nitrogens is 2. The molecular formula is C23H24ClN3O2S. The fourth-order valence-electron chi connectivity index (χ4n) is 4.80. The van der Waals surface area contributed by atoms with Crippen LogP contribution < -0.4 is 10.1 Å². The van der Waals surface area contributed by atoms with Gasteiger partial charge in [-0.2, -0.15) is 0 Å². The van der Waals surface area contributed by atoms with Crippen LogP contribution in [0.1, 0.15) is 60.8 Å². The second-order valence-electron chi connectivity index (χ2n) is 8.90. The number of amides is 1. The van der Waals surface area contributed by atoms with Crippen molar-refractivity contribution in [1.29, 1.82) is 0 Å². The maximum Gasteiger partial charge on any atom is 0.251 e. The molecule has 1 spiro atoms. The van der Waals surface area contributed by atoms with Crippen LogP contribution in [0.4, 0.5) is 0 Å². The highest BCUT2D eigenvalue weighted by molar-refractivity contribution is 7.18. The highest BCUT2D eigenvalue weighted by Gasteiger charge is 2.54. The van der Waals surface area contributed by atoms with Crippen molar-refractivity contribution in [1.82, 2.24) is 15.3 Å². The molecular weight excluding hydrogens is 418 g/mol. The minimum atomic E-state index is -0.0511. The van der Waals surface area contributed by atoms with Crippen molar-refractivity contribution in [2.45, 2.75) is 57.6 Å². The van der Waals surface area contributed by atoms with Crippen LogP contribution in [0.3, 0.4) is 0 Å². The number of hydrogen-bond acceptors (Lipinski definition) is 5. The van der Waals surface area contributed by atoms with E-state index in [0.29, 0.717) is 22.8 Å². The maximum atomic E-state index is 12.6. The van der Waals surface area contributed by atoms with Crippen LogP contribution in [-0.2, 0) is 0 Å². The van der Waals surface area contributed by atoms with Gasteiger partial charge in [0.2, 0.25) is 5.88 Å². The summed E-state index contributed by atoms with van der Waals surface area (Å²) < 4.78 is 6.79. The Hall–Kier alpha value is -2.18. The quantitative estimate of drug-likeness (QED) is 0.560. The molecule has 0 radical (unpaired) electrons. The van der Waals surface area contributed by atoms with Crippen molar-refractivity contribution >= 4 is 39.1 Å². The first-order valence-corrected chi connectivity index (χ1v) is 11.6. The number of pyridine rings is 1. The van der Waals surface area contributed by atoms with Gasteiger partial charge in [0.1, 0.15) is 0 Å². The van der Waals surface area contributed by atoms with Crippen LogP contribution in [0.2, 0.25) is 5.02 Å². The SMILES string of the molecule is CC(C)Oc1cc(C(=O)NC2CC3(C2)CC(c2nc4cc(Cl)ccc4s2)C3)ccn1. The fraction of sp³-hybridized carbons (Fsp3) is 0.435. The zero-order valence-electron chi connectivity index (χ0n) is 17.0. The first-order chi connectivity index (χ1) is 14.4. The molecule has 2 fully saturated rings. The molecule has 2 aromatic heterocycles. The van der Waals surface area contributed by atoms with Crippen molar-refractivity contribution in [3.8, 4) is 5.88 Å². The molecule has 0 saturated heterocycles. The van der Waals surface area contributed by atoms with Crippen molar-refractivity contribution in [3.05, 3.63) is 52.1 Å². The van der Waals surface area contributed by atoms with Crippen LogP contribution in [0.5, 0.6) is 5.88 Å². The van der Waals surface area contributed by atoms with E-state index in [9.17, 15) is 4.79 Å². The van der Waals surface area contributed by atoms with Gasteiger partial charge < -0.3 is 10.1 Å². The third-order valence-corrected chi connectivity index (χ3v) is 7.56. The Balaban J connectivity index is 1.15. The van der Waals surface area contributed by atoms with E-state index < -0.39 is 0 Å². The summed E-state index contributed by atoms with van der Waals surface area (Å²) in [5, 5.41) is 5.13. The number of rotatable bonds is 5. The Morgan fingerprint density at radius 3 is 2.80 bits per heavy atom. The Labute approximate surface area is 184 Å². The van der Waals surface area contributed by atoms with Gasteiger partial charge in [0.25, 0.3) is 5.91 Å². The van der Waals surface area contributed by atoms with Crippen LogP contribution >= 0.6 is 22.9 Å². The molecule has 0 atom stereocenters. The van der Waals surface area contributed by atoms with Gasteiger partial charge in [-0.15, -0.1) is 11.3 Å². The molecule has 2 aliphatic carbocycles. The molecule has 0 bridgehead atoms. The number of ether oxygens (including phenoxy) is 1. The van der Waals surface area contributed by atoms with Gasteiger partial charge in [-0.25, -0.2) is 9.97 Å². The number of carbonyl (C=O) groups excluding carboxylic acids is 1. The predicted octanol–water partition coefficient (Wildman–Crippen LogP) is 5.59. The van der Waals surface area contributed by atoms with Crippen LogP contribution in [0.25, 0.3) is 10.2 Å². The molecule has 2 aliphatic rings. The summed E-state index contributed by atoms with van der Waals surface area (Å²) in [4.78, 5) is 21.6. The third kappa shape index (κ3) is 3.79. The Kier molecular flexibility index (Phi) is 4.94. The average Bonchev–Trinajstić information content (AvgIpc) is 3.04. The number of benzene rings is 1. The monoisotopic (exact) mass is 441 g/mol. The van der Waals surface area contributed by atoms with Gasteiger partial charge in [-0.05, 0) is 69.2 Å². The summed E-state index contributed by atoms with van der Waals surface area (Å²) in [7, 11) is 0. The number of hydrogen-bond donors (Lipinski definition) is 1. The van der Waals surface area contributed by atoms with Gasteiger partial charge in [0.05, 0.1) is 21.3 Å². The molecule has 0 unspecified atom stereocenters. The van der Waals surface area contributed by atoms with Gasteiger partial charge in [-0.1, -0.05) is 11.6 Å². The van der Waals surface area contributed by atoms with Crippen molar-refractivity contribution < 1.29 is 9.53 Å². The standard InChI is InChI=1S/C23H24ClN3O2S/c1-13(2)29-20-7-14(5-6-25-20)21(28)26-17-11-23(12-17)9-15(10-23)22-27-18-8-16(24)3-4-19(18)30-22/h3-8,13,15,17H,9-12H2,1-2H3,(H,26,28). The molecule has 0 aliphatic heterocycles. The maximum absolute atomic E-state index is 12.6. The highest BCUT2D eigenvalue weighted by atomic mass is 35.5. The lowest BCUT2D eigenvalue weighted by molar-refractivity contribution is -0.0187. The molecule has 5 nitrogen and oxygen atoms in total. The summed E-state index contributed by atoms with van der Waals surface area (Å²) >= 11 is 7.87. The number of halogens is 1. The summed E-state index contributed by atoms with van der Waals surface area (Å²) in [5.74, 6) is 0.972. The zero-order valence-corrected chi connectivity index (χ0v) is 18.6. The number of thiazole rings is 1. The second-order valence-corrected chi connectivity index (χ2v) is 10.4. The lowest BCUT2D eigenvalue weighted by Gasteiger charge is -2.57. The molecule has 1 aromatic carbocycles. The molecule has 7 heteroatoms. The minimum absolute atomic E-state index is 0.0290. The average molecular weight is 442 g/mol. The van der Waals surface area contributed by atoms with E-state index in [2.05, 4.69) is 16.4 Å². The first kappa shape index (κ1) is 19.8. The van der Waals surface area contributed by atoms with E-state index >= 15 is 0 Å². The van der Waals surface area contributed by atoms with Gasteiger partial charge in [0.15, 0.2) is 0 Å². The van der Waals surface area contributed by atoms with Crippen molar-refractivity contribution in [2.75, 3.05) is 0 Å². The summed E-state index contributed by atoms with van der Waals surface area (Å²) in [6.07, 6.45) is 6.07. The van der Waals surface area contributed by atoms with Crippen molar-refractivity contribution in [3.63, 3.8) is 0 Å². The molecule has 2 heterocycles. The van der Waals surface area contributed by atoms with Gasteiger partial charge in [0, 0.05) is 34.8 Å². The van der Waals surface area contributed by atoms with E-state index in [0.717, 1.165) is 36.2 Å². The topological polar surface area (TPSA) is 64.1 Å². The van der Waals surface area contributed by atoms with Crippen LogP contribution in [0.15, 0.2) is 36.5 Å². The molecule has 2 saturated carbocycles. The Morgan fingerprint density at radius 1 is 1.23 bits per heavy atom. The number of fused-ring (bicyclic) bond motifs is 1. The number of nitrogens with zero attached hydrogens (tertiary/aromatic N) is 2. The third-order valence-electron chi connectivity index (χ3n) is 6.12. The molecule has 1 N–H and O–H groups in total. The fourth-order valence-corrected chi connectivity index (χ4v) is 6.01. The number of carbonyl (C=O) groups is 1. The largest absolute Gasteiger partial charge is 0.475 e. The van der Waals surface area contributed by atoms with Crippen LogP contribution in [0, 0.1) is 5.41 Å². The molecule has 3 aromatic rings. The molecule has 1 amide bonds. The first-order valence-electron chi connectivity index (χ1n) is 10.4. The molecule has 30 heavy (non-hydrogen) atoms. The Morgan fingerprint density at radius 2 is 2.03 bits per heavy atom. The minimum Gasteiger partial charge on any atom is -0.475 e. The van der Waals surface area contributed by atoms with Gasteiger partial charge >= 0.3 is 0 Å². The summed E-state index contributed by atoms with van der Waals surface area (Å²) in [6.45, 7) is 3.88. The summed E-state index contributed by atoms with van der Waals surface area (Å²) in [6, 6.07) is 9.61. The van der Waals surface area contributed by atoms with E-state index in [1.54, 1.807) is 29.7 Å². The lowest BCUT2D eigenvalue weighted by atomic mass is 9.50. The smallest absolute Gasteiger partial charge is 0.251 e. The van der Waals surface area contributed by atoms with E-state index in [-0.39, 0.29) is 18.1 Å². The predicted molar refractivity (Wildman–Crippen MR) is 120 cm³/mol. The molecule has 156 valence electrons. The van der Waals surface area contributed by atoms with E-state index in [1.165, 1.54) is 9.71 Å². The van der Waals surface area contributed by atoms with Crippen LogP contribution in [-0.4, -0.2) is 28.0 Å². The highest BCUT2D eigenvalue weighted by Crippen LogP contribution is 2.62. The number of nitrogens with one attached hydrogen (secondary N) is 1. The normalized spacial score (nSPS) is 25.2. The van der Waals surface area contributed by atoms with E-state index in [1.807, 2.05) is 26.0 Å². The Bertz CT molecular complexity index is 1100. The van der Waals surface area contributed by atoms with Gasteiger partial charge in [-0.3, -0.25) is 4.79 Å². The lowest BCUT2D eigenvalue weighted by Crippen LogP contribution is -2.55. The van der Waals surface area contributed by atoms with Crippen molar-refractivity contribution in [2.24, 2.45) is 5.41 Å². The second kappa shape index (κ2) is 7.50. The zero-order chi connectivity index (χ0) is 20.9. The summed E-state index contributed by atoms with van der Waals surface area (Å²) in [5.41, 5.74) is 1.98. The van der Waals surface area contributed by atoms with E-state index in [4.69, 9.17) is 21.3 Å².